The maximum atomic E-state index is 12.8. The first-order valence-corrected chi connectivity index (χ1v) is 9.00. The first kappa shape index (κ1) is 18.7. The van der Waals surface area contributed by atoms with Gasteiger partial charge in [-0.25, -0.2) is 9.97 Å². The summed E-state index contributed by atoms with van der Waals surface area (Å²) in [5.74, 6) is -0.292. The van der Waals surface area contributed by atoms with Crippen molar-refractivity contribution < 1.29 is 15.0 Å². The summed E-state index contributed by atoms with van der Waals surface area (Å²) in [5.41, 5.74) is 0.160. The van der Waals surface area contributed by atoms with E-state index in [2.05, 4.69) is 20.6 Å². The number of amides is 1. The molecule has 1 saturated carbocycles. The highest BCUT2D eigenvalue weighted by atomic mass is 16.3. The Bertz CT molecular complexity index is 767. The number of carbonyl (C=O) groups excluding carboxylic acids is 1. The summed E-state index contributed by atoms with van der Waals surface area (Å²) in [7, 11) is 0. The van der Waals surface area contributed by atoms with Gasteiger partial charge in [0, 0.05) is 17.6 Å². The lowest BCUT2D eigenvalue weighted by Gasteiger charge is -2.36. The number of hydrogen-bond donors (Lipinski definition) is 4. The van der Waals surface area contributed by atoms with Crippen LogP contribution < -0.4 is 10.6 Å². The van der Waals surface area contributed by atoms with Crippen LogP contribution in [0.2, 0.25) is 0 Å². The summed E-state index contributed by atoms with van der Waals surface area (Å²) in [6.45, 7) is 3.56. The van der Waals surface area contributed by atoms with Crippen LogP contribution in [0.5, 0.6) is 0 Å². The lowest BCUT2D eigenvalue weighted by molar-refractivity contribution is 0.0252. The van der Waals surface area contributed by atoms with E-state index in [9.17, 15) is 15.0 Å². The van der Waals surface area contributed by atoms with E-state index in [-0.39, 0.29) is 18.1 Å². The highest BCUT2D eigenvalue weighted by Gasteiger charge is 2.33. The number of aromatic nitrogens is 2. The van der Waals surface area contributed by atoms with E-state index in [0.29, 0.717) is 11.1 Å². The van der Waals surface area contributed by atoms with E-state index in [1.54, 1.807) is 32.2 Å². The fraction of sp³-hybridized carbons (Fsp3) is 0.526. The Morgan fingerprint density at radius 3 is 2.73 bits per heavy atom. The molecule has 0 radical (unpaired) electrons. The second kappa shape index (κ2) is 7.65. The molecule has 7 nitrogen and oxygen atoms in total. The molecule has 1 aromatic carbocycles. The molecule has 4 N–H and O–H groups in total. The average molecular weight is 358 g/mol. The lowest BCUT2D eigenvalue weighted by atomic mass is 9.92. The Morgan fingerprint density at radius 2 is 2.00 bits per heavy atom. The molecule has 0 bridgehead atoms. The number of para-hydroxylation sites is 1. The summed E-state index contributed by atoms with van der Waals surface area (Å²) in [4.78, 5) is 21.0. The molecule has 7 heteroatoms. The van der Waals surface area contributed by atoms with Crippen molar-refractivity contribution in [3.05, 3.63) is 36.3 Å². The maximum absolute atomic E-state index is 12.8. The molecule has 1 aliphatic rings. The Labute approximate surface area is 152 Å². The smallest absolute Gasteiger partial charge is 0.254 e. The van der Waals surface area contributed by atoms with Crippen molar-refractivity contribution in [2.75, 3.05) is 0 Å². The topological polar surface area (TPSA) is 107 Å². The number of rotatable bonds is 5. The minimum absolute atomic E-state index is 0.134. The van der Waals surface area contributed by atoms with Gasteiger partial charge in [-0.15, -0.1) is 0 Å². The minimum Gasteiger partial charge on any atom is -0.393 e. The summed E-state index contributed by atoms with van der Waals surface area (Å²) < 4.78 is 0. The van der Waals surface area contributed by atoms with Gasteiger partial charge in [0.2, 0.25) is 0 Å². The minimum atomic E-state index is -0.906. The molecule has 2 aromatic rings. The van der Waals surface area contributed by atoms with Gasteiger partial charge in [-0.1, -0.05) is 12.1 Å². The van der Waals surface area contributed by atoms with Gasteiger partial charge in [0.15, 0.2) is 0 Å². The van der Waals surface area contributed by atoms with Crippen molar-refractivity contribution in [1.29, 1.82) is 0 Å². The van der Waals surface area contributed by atoms with E-state index in [0.717, 1.165) is 31.1 Å². The molecule has 1 atom stereocenters. The lowest BCUT2D eigenvalue weighted by Crippen LogP contribution is -2.60. The van der Waals surface area contributed by atoms with Gasteiger partial charge in [-0.3, -0.25) is 10.1 Å². The number of benzene rings is 1. The van der Waals surface area contributed by atoms with Crippen LogP contribution >= 0.6 is 0 Å². The number of nitrogens with one attached hydrogen (secondary N) is 2. The summed E-state index contributed by atoms with van der Waals surface area (Å²) in [5, 5.41) is 27.1. The predicted octanol–water partition coefficient (Wildman–Crippen LogP) is 1.35. The highest BCUT2D eigenvalue weighted by molar-refractivity contribution is 6.05. The van der Waals surface area contributed by atoms with E-state index in [4.69, 9.17) is 0 Å². The van der Waals surface area contributed by atoms with Crippen LogP contribution in [0.1, 0.15) is 49.9 Å². The third kappa shape index (κ3) is 4.17. The molecule has 26 heavy (non-hydrogen) atoms. The zero-order valence-electron chi connectivity index (χ0n) is 15.1. The molecule has 3 rings (SSSR count). The van der Waals surface area contributed by atoms with Crippen molar-refractivity contribution in [2.45, 2.75) is 63.4 Å². The van der Waals surface area contributed by atoms with Gasteiger partial charge in [-0.2, -0.15) is 0 Å². The van der Waals surface area contributed by atoms with Crippen molar-refractivity contribution in [2.24, 2.45) is 0 Å². The standard InChI is InChI=1S/C19H26N4O3/c1-19(2,18(26)22-13-6-8-14(24)9-7-13)23-17(25)15-5-3-4-12-10-20-11-21-16(12)15/h3-5,10-11,13-14,18,22,24,26H,6-9H2,1-2H3,(H,23,25). The summed E-state index contributed by atoms with van der Waals surface area (Å²) in [6, 6.07) is 5.49. The first-order valence-electron chi connectivity index (χ1n) is 9.00. The van der Waals surface area contributed by atoms with Crippen molar-refractivity contribution in [3.8, 4) is 0 Å². The molecule has 0 spiro atoms. The zero-order valence-corrected chi connectivity index (χ0v) is 15.1. The number of nitrogens with zero attached hydrogens (tertiary/aromatic N) is 2. The number of hydrogen-bond acceptors (Lipinski definition) is 6. The molecular formula is C19H26N4O3. The van der Waals surface area contributed by atoms with Gasteiger partial charge in [0.1, 0.15) is 12.6 Å². The maximum Gasteiger partial charge on any atom is 0.254 e. The van der Waals surface area contributed by atoms with Crippen molar-refractivity contribution >= 4 is 16.8 Å². The SMILES string of the molecule is CC(C)(NC(=O)c1cccc2cncnc12)C(O)NC1CCC(O)CC1. The highest BCUT2D eigenvalue weighted by Crippen LogP contribution is 2.21. The molecule has 0 saturated heterocycles. The monoisotopic (exact) mass is 358 g/mol. The third-order valence-electron chi connectivity index (χ3n) is 4.99. The molecular weight excluding hydrogens is 332 g/mol. The summed E-state index contributed by atoms with van der Waals surface area (Å²) >= 11 is 0. The van der Waals surface area contributed by atoms with Crippen LogP contribution in [0, 0.1) is 0 Å². The Balaban J connectivity index is 1.68. The third-order valence-corrected chi connectivity index (χ3v) is 4.99. The molecule has 1 unspecified atom stereocenters. The van der Waals surface area contributed by atoms with Gasteiger partial charge < -0.3 is 15.5 Å². The second-order valence-corrected chi connectivity index (χ2v) is 7.52. The molecule has 1 amide bonds. The van der Waals surface area contributed by atoms with Crippen LogP contribution in [-0.2, 0) is 0 Å². The van der Waals surface area contributed by atoms with Gasteiger partial charge in [0.05, 0.1) is 22.7 Å². The van der Waals surface area contributed by atoms with Gasteiger partial charge in [-0.05, 0) is 45.6 Å². The van der Waals surface area contributed by atoms with Crippen molar-refractivity contribution in [1.82, 2.24) is 20.6 Å². The second-order valence-electron chi connectivity index (χ2n) is 7.52. The molecule has 0 aliphatic heterocycles. The number of carbonyl (C=O) groups is 1. The number of aliphatic hydroxyl groups excluding tert-OH is 2. The van der Waals surface area contributed by atoms with Crippen LogP contribution in [0.4, 0.5) is 0 Å². The summed E-state index contributed by atoms with van der Waals surface area (Å²) in [6.07, 6.45) is 5.00. The molecule has 1 fully saturated rings. The largest absolute Gasteiger partial charge is 0.393 e. The van der Waals surface area contributed by atoms with Crippen LogP contribution in [0.15, 0.2) is 30.7 Å². The first-order chi connectivity index (χ1) is 12.4. The average Bonchev–Trinajstić information content (AvgIpc) is 2.62. The Kier molecular flexibility index (Phi) is 5.50. The molecule has 1 aliphatic carbocycles. The van der Waals surface area contributed by atoms with Gasteiger partial charge in [0.25, 0.3) is 5.91 Å². The fourth-order valence-corrected chi connectivity index (χ4v) is 3.30. The number of fused-ring (bicyclic) bond motifs is 1. The van der Waals surface area contributed by atoms with Crippen LogP contribution in [0.25, 0.3) is 10.9 Å². The van der Waals surface area contributed by atoms with E-state index in [1.807, 2.05) is 6.07 Å². The zero-order chi connectivity index (χ0) is 18.7. The van der Waals surface area contributed by atoms with Crippen molar-refractivity contribution in [3.63, 3.8) is 0 Å². The van der Waals surface area contributed by atoms with Crippen LogP contribution in [-0.4, -0.2) is 50.0 Å². The van der Waals surface area contributed by atoms with Gasteiger partial charge >= 0.3 is 0 Å². The fourth-order valence-electron chi connectivity index (χ4n) is 3.30. The Hall–Kier alpha value is -2.09. The normalized spacial score (nSPS) is 22.2. The van der Waals surface area contributed by atoms with E-state index in [1.165, 1.54) is 6.33 Å². The Morgan fingerprint density at radius 1 is 1.27 bits per heavy atom. The predicted molar refractivity (Wildman–Crippen MR) is 98.5 cm³/mol. The number of aliphatic hydroxyl groups is 2. The van der Waals surface area contributed by atoms with E-state index < -0.39 is 11.8 Å². The quantitative estimate of drug-likeness (QED) is 0.601. The van der Waals surface area contributed by atoms with Crippen LogP contribution in [0.3, 0.4) is 0 Å². The molecule has 1 heterocycles. The van der Waals surface area contributed by atoms with E-state index >= 15 is 0 Å². The molecule has 1 aromatic heterocycles. The molecule has 140 valence electrons.